The summed E-state index contributed by atoms with van der Waals surface area (Å²) in [6, 6.07) is 13.8. The van der Waals surface area contributed by atoms with E-state index in [9.17, 15) is 4.79 Å². The number of aryl methyl sites for hydroxylation is 1. The first-order chi connectivity index (χ1) is 13.1. The van der Waals surface area contributed by atoms with Crippen LogP contribution in [0.5, 0.6) is 0 Å². The summed E-state index contributed by atoms with van der Waals surface area (Å²) in [7, 11) is 0. The van der Waals surface area contributed by atoms with Gasteiger partial charge in [-0.2, -0.15) is 4.98 Å². The lowest BCUT2D eigenvalue weighted by atomic mass is 10.1. The highest BCUT2D eigenvalue weighted by molar-refractivity contribution is 5.97. The van der Waals surface area contributed by atoms with Crippen molar-refractivity contribution in [2.24, 2.45) is 5.73 Å². The van der Waals surface area contributed by atoms with Crippen molar-refractivity contribution in [1.82, 2.24) is 10.1 Å². The molecule has 0 saturated carbocycles. The van der Waals surface area contributed by atoms with E-state index >= 15 is 0 Å². The van der Waals surface area contributed by atoms with Crippen molar-refractivity contribution >= 4 is 11.6 Å². The Kier molecular flexibility index (Phi) is 4.49. The summed E-state index contributed by atoms with van der Waals surface area (Å²) in [4.78, 5) is 19.0. The number of benzene rings is 2. The summed E-state index contributed by atoms with van der Waals surface area (Å²) in [5, 5.41) is 4.09. The Balaban J connectivity index is 1.56. The van der Waals surface area contributed by atoms with Crippen LogP contribution in [-0.2, 0) is 11.3 Å². The lowest BCUT2D eigenvalue weighted by molar-refractivity contribution is -0.117. The fourth-order valence-electron chi connectivity index (χ4n) is 3.44. The van der Waals surface area contributed by atoms with Crippen LogP contribution in [0.3, 0.4) is 0 Å². The zero-order valence-corrected chi connectivity index (χ0v) is 15.5. The van der Waals surface area contributed by atoms with Crippen LogP contribution in [0, 0.1) is 13.8 Å². The average molecular weight is 362 g/mol. The van der Waals surface area contributed by atoms with E-state index in [4.69, 9.17) is 10.3 Å². The summed E-state index contributed by atoms with van der Waals surface area (Å²) in [6.45, 7) is 5.14. The van der Waals surface area contributed by atoms with Gasteiger partial charge in [0.05, 0.1) is 5.92 Å². The van der Waals surface area contributed by atoms with E-state index in [1.54, 1.807) is 0 Å². The third-order valence-corrected chi connectivity index (χ3v) is 5.23. The Morgan fingerprint density at radius 3 is 2.70 bits per heavy atom. The van der Waals surface area contributed by atoms with Gasteiger partial charge in [-0.3, -0.25) is 4.79 Å². The molecule has 1 saturated heterocycles. The van der Waals surface area contributed by atoms with Crippen molar-refractivity contribution in [3.05, 3.63) is 65.0 Å². The molecule has 0 spiro atoms. The molecule has 6 nitrogen and oxygen atoms in total. The van der Waals surface area contributed by atoms with E-state index in [1.807, 2.05) is 48.2 Å². The number of nitrogens with two attached hydrogens (primary N) is 1. The number of nitrogens with zero attached hydrogens (tertiary/aromatic N) is 3. The summed E-state index contributed by atoms with van der Waals surface area (Å²) in [5.74, 6) is 1.03. The van der Waals surface area contributed by atoms with Crippen molar-refractivity contribution in [3.63, 3.8) is 0 Å². The predicted octanol–water partition coefficient (Wildman–Crippen LogP) is 3.33. The third-order valence-electron chi connectivity index (χ3n) is 5.23. The number of carbonyl (C=O) groups excluding carboxylic acids is 1. The highest BCUT2D eigenvalue weighted by Gasteiger charge is 2.35. The third kappa shape index (κ3) is 3.24. The quantitative estimate of drug-likeness (QED) is 0.769. The van der Waals surface area contributed by atoms with E-state index in [-0.39, 0.29) is 11.8 Å². The van der Waals surface area contributed by atoms with Gasteiger partial charge in [-0.15, -0.1) is 0 Å². The molecule has 3 aromatic rings. The average Bonchev–Trinajstić information content (AvgIpc) is 3.31. The molecule has 1 aromatic heterocycles. The lowest BCUT2D eigenvalue weighted by Crippen LogP contribution is -2.25. The van der Waals surface area contributed by atoms with Crippen LogP contribution in [0.25, 0.3) is 11.4 Å². The minimum atomic E-state index is -0.0954. The van der Waals surface area contributed by atoms with Gasteiger partial charge >= 0.3 is 0 Å². The molecule has 1 fully saturated rings. The van der Waals surface area contributed by atoms with Gasteiger partial charge in [-0.05, 0) is 36.6 Å². The van der Waals surface area contributed by atoms with Gasteiger partial charge in [0.25, 0.3) is 0 Å². The second-order valence-electron chi connectivity index (χ2n) is 6.98. The number of rotatable bonds is 4. The van der Waals surface area contributed by atoms with Crippen LogP contribution >= 0.6 is 0 Å². The molecule has 1 aliphatic heterocycles. The minimum absolute atomic E-state index is 0.0840. The molecule has 27 heavy (non-hydrogen) atoms. The molecule has 2 heterocycles. The van der Waals surface area contributed by atoms with Crippen molar-refractivity contribution in [2.75, 3.05) is 11.4 Å². The molecule has 4 rings (SSSR count). The molecule has 138 valence electrons. The number of aromatic nitrogens is 2. The molecule has 2 aromatic carbocycles. The van der Waals surface area contributed by atoms with E-state index in [2.05, 4.69) is 23.1 Å². The molecule has 6 heteroatoms. The van der Waals surface area contributed by atoms with Gasteiger partial charge in [0.15, 0.2) is 0 Å². The highest BCUT2D eigenvalue weighted by Crippen LogP contribution is 2.34. The standard InChI is InChI=1S/C21H22N4O2/c1-13-4-3-5-18(14(13)2)25-12-17(10-19(25)26)21-23-20(24-27-21)16-8-6-15(11-22)7-9-16/h3-9,17H,10-12,22H2,1-2H3. The fourth-order valence-corrected chi connectivity index (χ4v) is 3.44. The van der Waals surface area contributed by atoms with Gasteiger partial charge in [0.2, 0.25) is 17.6 Å². The highest BCUT2D eigenvalue weighted by atomic mass is 16.5. The Hall–Kier alpha value is -2.99. The van der Waals surface area contributed by atoms with Crippen molar-refractivity contribution in [3.8, 4) is 11.4 Å². The van der Waals surface area contributed by atoms with Crippen molar-refractivity contribution in [2.45, 2.75) is 32.7 Å². The number of carbonyl (C=O) groups is 1. The Morgan fingerprint density at radius 2 is 1.96 bits per heavy atom. The summed E-state index contributed by atoms with van der Waals surface area (Å²) in [6.07, 6.45) is 0.376. The summed E-state index contributed by atoms with van der Waals surface area (Å²) >= 11 is 0. The van der Waals surface area contributed by atoms with Crippen LogP contribution < -0.4 is 10.6 Å². The van der Waals surface area contributed by atoms with Crippen molar-refractivity contribution < 1.29 is 9.32 Å². The zero-order valence-electron chi connectivity index (χ0n) is 15.5. The minimum Gasteiger partial charge on any atom is -0.339 e. The maximum absolute atomic E-state index is 12.6. The SMILES string of the molecule is Cc1cccc(N2CC(c3nc(-c4ccc(CN)cc4)no3)CC2=O)c1C. The van der Waals surface area contributed by atoms with Gasteiger partial charge < -0.3 is 15.2 Å². The first-order valence-electron chi connectivity index (χ1n) is 9.06. The zero-order chi connectivity index (χ0) is 19.0. The molecule has 0 radical (unpaired) electrons. The second kappa shape index (κ2) is 6.96. The summed E-state index contributed by atoms with van der Waals surface area (Å²) in [5.41, 5.74) is 10.8. The molecule has 1 aliphatic rings. The molecule has 0 bridgehead atoms. The Morgan fingerprint density at radius 1 is 1.19 bits per heavy atom. The number of amides is 1. The lowest BCUT2D eigenvalue weighted by Gasteiger charge is -2.19. The monoisotopic (exact) mass is 362 g/mol. The van der Waals surface area contributed by atoms with E-state index in [0.717, 1.165) is 22.4 Å². The number of hydrogen-bond acceptors (Lipinski definition) is 5. The molecule has 1 unspecified atom stereocenters. The first-order valence-corrected chi connectivity index (χ1v) is 9.06. The van der Waals surface area contributed by atoms with Crippen LogP contribution in [0.15, 0.2) is 47.0 Å². The fraction of sp³-hybridized carbons (Fsp3) is 0.286. The second-order valence-corrected chi connectivity index (χ2v) is 6.98. The largest absolute Gasteiger partial charge is 0.339 e. The topological polar surface area (TPSA) is 85.2 Å². The molecule has 1 amide bonds. The Bertz CT molecular complexity index is 978. The normalized spacial score (nSPS) is 16.9. The van der Waals surface area contributed by atoms with E-state index in [1.165, 1.54) is 5.56 Å². The number of hydrogen-bond donors (Lipinski definition) is 1. The molecular weight excluding hydrogens is 340 g/mol. The summed E-state index contributed by atoms with van der Waals surface area (Å²) < 4.78 is 5.48. The smallest absolute Gasteiger partial charge is 0.232 e. The first kappa shape index (κ1) is 17.4. The Labute approximate surface area is 158 Å². The molecular formula is C21H22N4O2. The maximum atomic E-state index is 12.6. The molecule has 2 N–H and O–H groups in total. The van der Waals surface area contributed by atoms with Crippen molar-refractivity contribution in [1.29, 1.82) is 0 Å². The van der Waals surface area contributed by atoms with Crippen LogP contribution in [0.4, 0.5) is 5.69 Å². The number of anilines is 1. The molecule has 1 atom stereocenters. The molecule has 0 aliphatic carbocycles. The van der Waals surface area contributed by atoms with Gasteiger partial charge in [-0.25, -0.2) is 0 Å². The van der Waals surface area contributed by atoms with Crippen LogP contribution in [-0.4, -0.2) is 22.6 Å². The van der Waals surface area contributed by atoms with Gasteiger partial charge in [0, 0.05) is 30.8 Å². The van der Waals surface area contributed by atoms with Crippen LogP contribution in [0.2, 0.25) is 0 Å². The van der Waals surface area contributed by atoms with Gasteiger partial charge in [-0.1, -0.05) is 41.6 Å². The van der Waals surface area contributed by atoms with E-state index in [0.29, 0.717) is 31.2 Å². The van der Waals surface area contributed by atoms with Gasteiger partial charge in [0.1, 0.15) is 0 Å². The maximum Gasteiger partial charge on any atom is 0.232 e. The predicted molar refractivity (Wildman–Crippen MR) is 103 cm³/mol. The van der Waals surface area contributed by atoms with E-state index < -0.39 is 0 Å². The van der Waals surface area contributed by atoms with Crippen LogP contribution in [0.1, 0.15) is 34.9 Å².